The van der Waals surface area contributed by atoms with Crippen LogP contribution in [0.5, 0.6) is 0 Å². The Hall–Kier alpha value is -2.11. The van der Waals surface area contributed by atoms with Gasteiger partial charge in [0.15, 0.2) is 0 Å². The lowest BCUT2D eigenvalue weighted by atomic mass is 10.0. The molecule has 2 aromatic rings. The van der Waals surface area contributed by atoms with Crippen LogP contribution < -0.4 is 5.73 Å². The number of carbonyl (C=O) groups excluding carboxylic acids is 1. The predicted octanol–water partition coefficient (Wildman–Crippen LogP) is 2.98. The first kappa shape index (κ1) is 14.3. The molecule has 2 N–H and O–H groups in total. The summed E-state index contributed by atoms with van der Waals surface area (Å²) in [6, 6.07) is 5.47. The molecule has 0 unspecified atom stereocenters. The second-order valence-electron chi connectivity index (χ2n) is 4.59. The van der Waals surface area contributed by atoms with E-state index < -0.39 is 17.6 Å². The molecule has 1 heterocycles. The quantitative estimate of drug-likeness (QED) is 0.940. The van der Waals surface area contributed by atoms with Gasteiger partial charge in [-0.15, -0.1) is 0 Å². The molecule has 0 spiro atoms. The van der Waals surface area contributed by atoms with Crippen LogP contribution >= 0.6 is 0 Å². The third-order valence-electron chi connectivity index (χ3n) is 3.02. The topological polar surface area (TPSA) is 56.0 Å². The fourth-order valence-electron chi connectivity index (χ4n) is 2.17. The minimum absolute atomic E-state index is 0.0998. The first-order chi connectivity index (χ1) is 9.29. The van der Waals surface area contributed by atoms with Gasteiger partial charge in [-0.25, -0.2) is 0 Å². The third-order valence-corrected chi connectivity index (χ3v) is 3.02. The molecule has 0 aliphatic rings. The second kappa shape index (κ2) is 5.11. The van der Waals surface area contributed by atoms with Crippen LogP contribution in [-0.4, -0.2) is 10.9 Å². The lowest BCUT2D eigenvalue weighted by molar-refractivity contribution is -0.136. The maximum atomic E-state index is 13.0. The van der Waals surface area contributed by atoms with Gasteiger partial charge in [0.25, 0.3) is 0 Å². The number of carbonyl (C=O) groups is 1. The Morgan fingerprint density at radius 2 is 2.05 bits per heavy atom. The Labute approximate surface area is 113 Å². The number of aryl methyl sites for hydroxylation is 2. The molecule has 0 bridgehead atoms. The van der Waals surface area contributed by atoms with E-state index in [0.29, 0.717) is 17.7 Å². The van der Waals surface area contributed by atoms with Crippen molar-refractivity contribution >= 4 is 16.8 Å². The van der Waals surface area contributed by atoms with Crippen LogP contribution in [0.25, 0.3) is 10.9 Å². The number of alkyl halides is 3. The standard InChI is InChI=1S/C14H13F3N2O/c1-8-7-9(5-6-12(18)20)19-11-4-2-3-10(13(8)11)14(15,16)17/h2-4,7H,5-6H2,1H3,(H2,18,20). The van der Waals surface area contributed by atoms with Gasteiger partial charge in [0, 0.05) is 17.5 Å². The highest BCUT2D eigenvalue weighted by Gasteiger charge is 2.33. The molecule has 1 amide bonds. The van der Waals surface area contributed by atoms with Gasteiger partial charge < -0.3 is 5.73 Å². The molecule has 0 aliphatic heterocycles. The Morgan fingerprint density at radius 1 is 1.35 bits per heavy atom. The smallest absolute Gasteiger partial charge is 0.370 e. The van der Waals surface area contributed by atoms with Crippen molar-refractivity contribution in [1.29, 1.82) is 0 Å². The fourth-order valence-corrected chi connectivity index (χ4v) is 2.17. The van der Waals surface area contributed by atoms with E-state index in [9.17, 15) is 18.0 Å². The number of aromatic nitrogens is 1. The number of nitrogens with two attached hydrogens (primary N) is 1. The summed E-state index contributed by atoms with van der Waals surface area (Å²) >= 11 is 0. The Bertz CT molecular complexity index is 665. The van der Waals surface area contributed by atoms with E-state index in [2.05, 4.69) is 4.98 Å². The molecule has 0 fully saturated rings. The normalized spacial score (nSPS) is 11.8. The summed E-state index contributed by atoms with van der Waals surface area (Å²) in [5.41, 5.74) is 5.69. The average Bonchev–Trinajstić information content (AvgIpc) is 2.34. The third kappa shape index (κ3) is 2.89. The summed E-state index contributed by atoms with van der Waals surface area (Å²) in [5, 5.41) is 0.0998. The largest absolute Gasteiger partial charge is 0.417 e. The number of nitrogens with zero attached hydrogens (tertiary/aromatic N) is 1. The first-order valence-corrected chi connectivity index (χ1v) is 6.04. The van der Waals surface area contributed by atoms with Crippen LogP contribution in [0.2, 0.25) is 0 Å². The molecular weight excluding hydrogens is 269 g/mol. The number of pyridine rings is 1. The maximum absolute atomic E-state index is 13.0. The Balaban J connectivity index is 2.55. The molecule has 3 nitrogen and oxygen atoms in total. The summed E-state index contributed by atoms with van der Waals surface area (Å²) in [7, 11) is 0. The molecule has 106 valence electrons. The first-order valence-electron chi connectivity index (χ1n) is 6.04. The van der Waals surface area contributed by atoms with E-state index in [1.165, 1.54) is 12.1 Å². The molecule has 0 atom stereocenters. The molecule has 20 heavy (non-hydrogen) atoms. The molecule has 0 saturated carbocycles. The van der Waals surface area contributed by atoms with Crippen molar-refractivity contribution in [3.8, 4) is 0 Å². The van der Waals surface area contributed by atoms with Crippen LogP contribution in [0.4, 0.5) is 13.2 Å². The maximum Gasteiger partial charge on any atom is 0.417 e. The molecule has 2 rings (SSSR count). The minimum Gasteiger partial charge on any atom is -0.370 e. The van der Waals surface area contributed by atoms with E-state index in [1.54, 1.807) is 13.0 Å². The van der Waals surface area contributed by atoms with E-state index in [4.69, 9.17) is 5.73 Å². The van der Waals surface area contributed by atoms with E-state index >= 15 is 0 Å². The van der Waals surface area contributed by atoms with Crippen LogP contribution in [0, 0.1) is 6.92 Å². The highest BCUT2D eigenvalue weighted by atomic mass is 19.4. The van der Waals surface area contributed by atoms with E-state index in [1.807, 2.05) is 0 Å². The summed E-state index contributed by atoms with van der Waals surface area (Å²) < 4.78 is 38.9. The van der Waals surface area contributed by atoms with Gasteiger partial charge in [0.05, 0.1) is 11.1 Å². The zero-order valence-electron chi connectivity index (χ0n) is 10.8. The van der Waals surface area contributed by atoms with Crippen LogP contribution in [-0.2, 0) is 17.4 Å². The van der Waals surface area contributed by atoms with Gasteiger partial charge in [-0.05, 0) is 37.1 Å². The number of fused-ring (bicyclic) bond motifs is 1. The monoisotopic (exact) mass is 282 g/mol. The molecule has 0 aliphatic carbocycles. The Kier molecular flexibility index (Phi) is 3.65. The van der Waals surface area contributed by atoms with Gasteiger partial charge in [-0.3, -0.25) is 9.78 Å². The van der Waals surface area contributed by atoms with Gasteiger partial charge in [0.2, 0.25) is 5.91 Å². The number of rotatable bonds is 3. The zero-order chi connectivity index (χ0) is 14.9. The fraction of sp³-hybridized carbons (Fsp3) is 0.286. The summed E-state index contributed by atoms with van der Waals surface area (Å²) in [6.45, 7) is 1.60. The molecule has 0 radical (unpaired) electrons. The lowest BCUT2D eigenvalue weighted by Gasteiger charge is -2.13. The second-order valence-corrected chi connectivity index (χ2v) is 4.59. The van der Waals surface area contributed by atoms with Crippen molar-refractivity contribution in [3.05, 3.63) is 41.1 Å². The predicted molar refractivity (Wildman–Crippen MR) is 69.0 cm³/mol. The minimum atomic E-state index is -4.42. The van der Waals surface area contributed by atoms with Gasteiger partial charge >= 0.3 is 6.18 Å². The summed E-state index contributed by atoms with van der Waals surface area (Å²) in [6.07, 6.45) is -3.97. The number of hydrogen-bond donors (Lipinski definition) is 1. The van der Waals surface area contributed by atoms with Gasteiger partial charge in [0.1, 0.15) is 0 Å². The van der Waals surface area contributed by atoms with E-state index in [0.717, 1.165) is 6.07 Å². The number of primary amides is 1. The summed E-state index contributed by atoms with van der Waals surface area (Å²) in [5.74, 6) is -0.464. The molecule has 0 saturated heterocycles. The zero-order valence-corrected chi connectivity index (χ0v) is 10.8. The van der Waals surface area contributed by atoms with Gasteiger partial charge in [-0.1, -0.05) is 6.07 Å². The van der Waals surface area contributed by atoms with Crippen molar-refractivity contribution in [2.75, 3.05) is 0 Å². The highest BCUT2D eigenvalue weighted by Crippen LogP contribution is 2.35. The Morgan fingerprint density at radius 3 is 2.65 bits per heavy atom. The number of hydrogen-bond acceptors (Lipinski definition) is 2. The lowest BCUT2D eigenvalue weighted by Crippen LogP contribution is -2.12. The van der Waals surface area contributed by atoms with Crippen LogP contribution in [0.3, 0.4) is 0 Å². The van der Waals surface area contributed by atoms with Crippen molar-refractivity contribution in [2.45, 2.75) is 25.9 Å². The van der Waals surface area contributed by atoms with E-state index in [-0.39, 0.29) is 17.3 Å². The van der Waals surface area contributed by atoms with Crippen LogP contribution in [0.1, 0.15) is 23.2 Å². The molecule has 1 aromatic carbocycles. The van der Waals surface area contributed by atoms with Crippen molar-refractivity contribution in [2.24, 2.45) is 5.73 Å². The summed E-state index contributed by atoms with van der Waals surface area (Å²) in [4.78, 5) is 14.9. The van der Waals surface area contributed by atoms with Crippen molar-refractivity contribution < 1.29 is 18.0 Å². The van der Waals surface area contributed by atoms with Crippen LogP contribution in [0.15, 0.2) is 24.3 Å². The molecule has 1 aromatic heterocycles. The number of halogens is 3. The van der Waals surface area contributed by atoms with Gasteiger partial charge in [-0.2, -0.15) is 13.2 Å². The van der Waals surface area contributed by atoms with Crippen molar-refractivity contribution in [3.63, 3.8) is 0 Å². The highest BCUT2D eigenvalue weighted by molar-refractivity contribution is 5.86. The molecular formula is C14H13F3N2O. The molecule has 6 heteroatoms. The number of benzene rings is 1. The SMILES string of the molecule is Cc1cc(CCC(N)=O)nc2cccc(C(F)(F)F)c12. The average molecular weight is 282 g/mol. The number of amides is 1. The van der Waals surface area contributed by atoms with Crippen molar-refractivity contribution in [1.82, 2.24) is 4.98 Å².